The van der Waals surface area contributed by atoms with Gasteiger partial charge in [-0.3, -0.25) is 10.1 Å². The Bertz CT molecular complexity index is 579. The number of halogens is 2. The van der Waals surface area contributed by atoms with Crippen LogP contribution in [0, 0.1) is 5.82 Å². The van der Waals surface area contributed by atoms with Crippen molar-refractivity contribution in [3.05, 3.63) is 34.0 Å². The molecule has 1 atom stereocenters. The van der Waals surface area contributed by atoms with Crippen LogP contribution in [0.1, 0.15) is 6.92 Å². The second kappa shape index (κ2) is 6.07. The lowest BCUT2D eigenvalue weighted by Gasteiger charge is -2.14. The highest BCUT2D eigenvalue weighted by molar-refractivity contribution is 9.10. The van der Waals surface area contributed by atoms with Crippen molar-refractivity contribution in [2.24, 2.45) is 0 Å². The molecular formula is C11H9BrFN3O2S. The highest BCUT2D eigenvalue weighted by Crippen LogP contribution is 2.26. The van der Waals surface area contributed by atoms with Gasteiger partial charge in [-0.05, 0) is 41.1 Å². The van der Waals surface area contributed by atoms with Crippen molar-refractivity contribution < 1.29 is 13.9 Å². The van der Waals surface area contributed by atoms with Gasteiger partial charge in [0.15, 0.2) is 6.10 Å². The Hall–Kier alpha value is -1.54. The van der Waals surface area contributed by atoms with Crippen LogP contribution in [0.3, 0.4) is 0 Å². The van der Waals surface area contributed by atoms with Crippen LogP contribution in [0.25, 0.3) is 0 Å². The van der Waals surface area contributed by atoms with Gasteiger partial charge in [-0.15, -0.1) is 10.2 Å². The van der Waals surface area contributed by atoms with Crippen molar-refractivity contribution in [3.63, 3.8) is 0 Å². The second-order valence-electron chi connectivity index (χ2n) is 3.57. The lowest BCUT2D eigenvalue weighted by Crippen LogP contribution is -2.30. The first-order valence-corrected chi connectivity index (χ1v) is 6.92. The molecule has 2 rings (SSSR count). The fourth-order valence-electron chi connectivity index (χ4n) is 1.25. The summed E-state index contributed by atoms with van der Waals surface area (Å²) in [6, 6.07) is 3.98. The zero-order valence-electron chi connectivity index (χ0n) is 9.76. The SMILES string of the molecule is CC(Oc1ccc(F)cc1Br)C(=O)Nc1nncs1. The van der Waals surface area contributed by atoms with Crippen molar-refractivity contribution in [1.29, 1.82) is 0 Å². The third-order valence-electron chi connectivity index (χ3n) is 2.16. The van der Waals surface area contributed by atoms with E-state index < -0.39 is 6.10 Å². The quantitative estimate of drug-likeness (QED) is 0.925. The maximum absolute atomic E-state index is 12.9. The fourth-order valence-corrected chi connectivity index (χ4v) is 2.14. The van der Waals surface area contributed by atoms with E-state index in [1.54, 1.807) is 6.92 Å². The molecule has 0 radical (unpaired) electrons. The molecule has 1 aromatic carbocycles. The Morgan fingerprint density at radius 2 is 2.37 bits per heavy atom. The minimum absolute atomic E-state index is 0.354. The highest BCUT2D eigenvalue weighted by Gasteiger charge is 2.17. The van der Waals surface area contributed by atoms with Gasteiger partial charge in [0.2, 0.25) is 5.13 Å². The summed E-state index contributed by atoms with van der Waals surface area (Å²) >= 11 is 4.38. The number of benzene rings is 1. The topological polar surface area (TPSA) is 64.1 Å². The molecule has 0 aliphatic heterocycles. The maximum Gasteiger partial charge on any atom is 0.266 e. The number of carbonyl (C=O) groups is 1. The molecule has 19 heavy (non-hydrogen) atoms. The Balaban J connectivity index is 2.00. The molecule has 0 fully saturated rings. The molecule has 0 aliphatic carbocycles. The van der Waals surface area contributed by atoms with E-state index in [1.807, 2.05) is 0 Å². The molecule has 0 saturated heterocycles. The van der Waals surface area contributed by atoms with E-state index in [4.69, 9.17) is 4.74 Å². The van der Waals surface area contributed by atoms with Gasteiger partial charge in [-0.2, -0.15) is 0 Å². The van der Waals surface area contributed by atoms with Crippen LogP contribution < -0.4 is 10.1 Å². The number of nitrogens with zero attached hydrogens (tertiary/aromatic N) is 2. The number of amides is 1. The molecule has 0 bridgehead atoms. The van der Waals surface area contributed by atoms with Crippen LogP contribution in [0.5, 0.6) is 5.75 Å². The average molecular weight is 346 g/mol. The van der Waals surface area contributed by atoms with Crippen molar-refractivity contribution in [3.8, 4) is 5.75 Å². The molecule has 5 nitrogen and oxygen atoms in total. The summed E-state index contributed by atoms with van der Waals surface area (Å²) in [5.41, 5.74) is 1.51. The number of carbonyl (C=O) groups excluding carboxylic acids is 1. The molecule has 8 heteroatoms. The predicted octanol–water partition coefficient (Wildman–Crippen LogP) is 2.85. The lowest BCUT2D eigenvalue weighted by atomic mass is 10.3. The summed E-state index contributed by atoms with van der Waals surface area (Å²) in [7, 11) is 0. The average Bonchev–Trinajstić information content (AvgIpc) is 2.85. The predicted molar refractivity (Wildman–Crippen MR) is 72.7 cm³/mol. The number of nitrogens with one attached hydrogen (secondary N) is 1. The minimum Gasteiger partial charge on any atom is -0.480 e. The number of ether oxygens (including phenoxy) is 1. The molecule has 0 saturated carbocycles. The Morgan fingerprint density at radius 3 is 3.00 bits per heavy atom. The zero-order chi connectivity index (χ0) is 13.8. The maximum atomic E-state index is 12.9. The van der Waals surface area contributed by atoms with E-state index in [0.717, 1.165) is 0 Å². The van der Waals surface area contributed by atoms with Gasteiger partial charge in [-0.1, -0.05) is 11.3 Å². The zero-order valence-corrected chi connectivity index (χ0v) is 12.2. The smallest absolute Gasteiger partial charge is 0.266 e. The first-order valence-electron chi connectivity index (χ1n) is 5.25. The summed E-state index contributed by atoms with van der Waals surface area (Å²) in [6.07, 6.45) is -0.745. The Morgan fingerprint density at radius 1 is 1.58 bits per heavy atom. The molecular weight excluding hydrogens is 337 g/mol. The third kappa shape index (κ3) is 3.71. The first kappa shape index (κ1) is 13.9. The highest BCUT2D eigenvalue weighted by atomic mass is 79.9. The molecule has 0 spiro atoms. The van der Waals surface area contributed by atoms with Crippen LogP contribution in [-0.2, 0) is 4.79 Å². The normalized spacial score (nSPS) is 11.9. The van der Waals surface area contributed by atoms with Crippen LogP contribution in [-0.4, -0.2) is 22.2 Å². The summed E-state index contributed by atoms with van der Waals surface area (Å²) in [5.74, 6) is -0.348. The van der Waals surface area contributed by atoms with Crippen molar-refractivity contribution in [1.82, 2.24) is 10.2 Å². The minimum atomic E-state index is -0.745. The van der Waals surface area contributed by atoms with Crippen LogP contribution >= 0.6 is 27.3 Å². The number of anilines is 1. The van der Waals surface area contributed by atoms with Gasteiger partial charge in [0, 0.05) is 0 Å². The number of rotatable bonds is 4. The largest absolute Gasteiger partial charge is 0.480 e. The van der Waals surface area contributed by atoms with Crippen LogP contribution in [0.4, 0.5) is 9.52 Å². The second-order valence-corrected chi connectivity index (χ2v) is 5.26. The van der Waals surface area contributed by atoms with Crippen molar-refractivity contribution in [2.45, 2.75) is 13.0 Å². The van der Waals surface area contributed by atoms with Gasteiger partial charge in [0.1, 0.15) is 17.1 Å². The standard InChI is InChI=1S/C11H9BrFN3O2S/c1-6(10(17)15-11-16-14-5-19-11)18-9-3-2-7(13)4-8(9)12/h2-6H,1H3,(H,15,16,17). The van der Waals surface area contributed by atoms with E-state index >= 15 is 0 Å². The summed E-state index contributed by atoms with van der Waals surface area (Å²) in [4.78, 5) is 11.8. The van der Waals surface area contributed by atoms with Crippen molar-refractivity contribution in [2.75, 3.05) is 5.32 Å². The monoisotopic (exact) mass is 345 g/mol. The summed E-state index contributed by atoms with van der Waals surface area (Å²) in [6.45, 7) is 1.59. The lowest BCUT2D eigenvalue weighted by molar-refractivity contribution is -0.122. The summed E-state index contributed by atoms with van der Waals surface area (Å²) < 4.78 is 18.8. The molecule has 2 aromatic rings. The molecule has 0 aliphatic rings. The van der Waals surface area contributed by atoms with Gasteiger partial charge in [0.25, 0.3) is 5.91 Å². The van der Waals surface area contributed by atoms with Crippen LogP contribution in [0.2, 0.25) is 0 Å². The van der Waals surface area contributed by atoms with E-state index in [2.05, 4.69) is 31.4 Å². The fraction of sp³-hybridized carbons (Fsp3) is 0.182. The van der Waals surface area contributed by atoms with Gasteiger partial charge in [-0.25, -0.2) is 4.39 Å². The third-order valence-corrected chi connectivity index (χ3v) is 3.38. The number of aromatic nitrogens is 2. The molecule has 1 unspecified atom stereocenters. The van der Waals surface area contributed by atoms with E-state index in [0.29, 0.717) is 15.4 Å². The van der Waals surface area contributed by atoms with E-state index in [1.165, 1.54) is 35.0 Å². The van der Waals surface area contributed by atoms with E-state index in [-0.39, 0.29) is 11.7 Å². The van der Waals surface area contributed by atoms with Gasteiger partial charge in [0.05, 0.1) is 4.47 Å². The number of hydrogen-bond acceptors (Lipinski definition) is 5. The van der Waals surface area contributed by atoms with E-state index in [9.17, 15) is 9.18 Å². The number of hydrogen-bond donors (Lipinski definition) is 1. The van der Waals surface area contributed by atoms with Gasteiger partial charge >= 0.3 is 0 Å². The van der Waals surface area contributed by atoms with Crippen molar-refractivity contribution >= 4 is 38.3 Å². The molecule has 1 N–H and O–H groups in total. The molecule has 1 amide bonds. The van der Waals surface area contributed by atoms with Crippen LogP contribution in [0.15, 0.2) is 28.2 Å². The first-order chi connectivity index (χ1) is 9.06. The Kier molecular flexibility index (Phi) is 4.43. The van der Waals surface area contributed by atoms with Gasteiger partial charge < -0.3 is 4.74 Å². The summed E-state index contributed by atoms with van der Waals surface area (Å²) in [5, 5.41) is 10.3. The molecule has 1 aromatic heterocycles. The molecule has 1 heterocycles. The molecule has 100 valence electrons. The Labute approximate surface area is 120 Å².